The van der Waals surface area contributed by atoms with Gasteiger partial charge in [0.15, 0.2) is 0 Å². The summed E-state index contributed by atoms with van der Waals surface area (Å²) in [4.78, 5) is 20.3. The van der Waals surface area contributed by atoms with E-state index in [0.29, 0.717) is 19.8 Å². The van der Waals surface area contributed by atoms with Gasteiger partial charge < -0.3 is 14.4 Å². The molecule has 1 amide bonds. The van der Waals surface area contributed by atoms with E-state index in [4.69, 9.17) is 9.47 Å². The van der Waals surface area contributed by atoms with Gasteiger partial charge in [0, 0.05) is 32.4 Å². The molecule has 22 heavy (non-hydrogen) atoms. The molecule has 2 saturated heterocycles. The van der Waals surface area contributed by atoms with Crippen LogP contribution in [0.4, 0.5) is 0 Å². The predicted octanol–water partition coefficient (Wildman–Crippen LogP) is 0.450. The summed E-state index contributed by atoms with van der Waals surface area (Å²) in [6, 6.07) is 6.08. The predicted molar refractivity (Wildman–Crippen MR) is 81.4 cm³/mol. The third-order valence-corrected chi connectivity index (χ3v) is 4.21. The van der Waals surface area contributed by atoms with E-state index in [9.17, 15) is 4.79 Å². The van der Waals surface area contributed by atoms with E-state index in [1.54, 1.807) is 4.90 Å². The second-order valence-corrected chi connectivity index (χ2v) is 6.26. The number of morpholine rings is 1. The molecule has 1 spiro atoms. The van der Waals surface area contributed by atoms with Crippen molar-refractivity contribution in [1.29, 1.82) is 0 Å². The van der Waals surface area contributed by atoms with E-state index in [1.807, 2.05) is 32.2 Å². The largest absolute Gasteiger partial charge is 0.377 e. The van der Waals surface area contributed by atoms with E-state index < -0.39 is 5.60 Å². The maximum atomic E-state index is 11.7. The van der Waals surface area contributed by atoms with Crippen LogP contribution in [0.5, 0.6) is 0 Å². The van der Waals surface area contributed by atoms with Gasteiger partial charge in [-0.05, 0) is 19.1 Å². The molecule has 2 aliphatic heterocycles. The Hall–Kier alpha value is -1.50. The SMILES string of the molecule is Cc1cccc(CN2CCOC[C@]3(C2)CN(C)C(=O)CO3)n1. The Bertz CT molecular complexity index is 551. The minimum Gasteiger partial charge on any atom is -0.377 e. The smallest absolute Gasteiger partial charge is 0.248 e. The fourth-order valence-corrected chi connectivity index (χ4v) is 3.11. The Labute approximate surface area is 131 Å². The van der Waals surface area contributed by atoms with Crippen molar-refractivity contribution in [2.45, 2.75) is 19.1 Å². The Morgan fingerprint density at radius 1 is 1.36 bits per heavy atom. The molecule has 120 valence electrons. The molecule has 0 unspecified atom stereocenters. The van der Waals surface area contributed by atoms with Gasteiger partial charge in [0.2, 0.25) is 5.91 Å². The van der Waals surface area contributed by atoms with E-state index in [2.05, 4.69) is 9.88 Å². The first-order valence-electron chi connectivity index (χ1n) is 7.67. The molecule has 2 fully saturated rings. The van der Waals surface area contributed by atoms with Gasteiger partial charge in [0.1, 0.15) is 12.2 Å². The van der Waals surface area contributed by atoms with Gasteiger partial charge >= 0.3 is 0 Å². The van der Waals surface area contributed by atoms with Crippen LogP contribution in [0.1, 0.15) is 11.4 Å². The molecule has 1 atom stereocenters. The molecular formula is C16H23N3O3. The highest BCUT2D eigenvalue weighted by molar-refractivity contribution is 5.78. The fraction of sp³-hybridized carbons (Fsp3) is 0.625. The summed E-state index contributed by atoms with van der Waals surface area (Å²) in [5.74, 6) is 0.0294. The van der Waals surface area contributed by atoms with Gasteiger partial charge in [-0.1, -0.05) is 6.07 Å². The first-order valence-corrected chi connectivity index (χ1v) is 7.67. The van der Waals surface area contributed by atoms with Crippen molar-refractivity contribution in [1.82, 2.24) is 14.8 Å². The van der Waals surface area contributed by atoms with Gasteiger partial charge in [-0.2, -0.15) is 0 Å². The molecule has 1 aromatic heterocycles. The average molecular weight is 305 g/mol. The minimum absolute atomic E-state index is 0.0294. The molecule has 2 aliphatic rings. The summed E-state index contributed by atoms with van der Waals surface area (Å²) in [6.45, 7) is 6.28. The van der Waals surface area contributed by atoms with Crippen molar-refractivity contribution >= 4 is 5.91 Å². The van der Waals surface area contributed by atoms with Crippen molar-refractivity contribution < 1.29 is 14.3 Å². The lowest BCUT2D eigenvalue weighted by molar-refractivity contribution is -0.170. The second kappa shape index (κ2) is 6.32. The molecule has 3 rings (SSSR count). The minimum atomic E-state index is -0.428. The third kappa shape index (κ3) is 3.45. The quantitative estimate of drug-likeness (QED) is 0.794. The van der Waals surface area contributed by atoms with Gasteiger partial charge in [-0.15, -0.1) is 0 Å². The summed E-state index contributed by atoms with van der Waals surface area (Å²) in [5.41, 5.74) is 1.65. The van der Waals surface area contributed by atoms with E-state index in [-0.39, 0.29) is 12.5 Å². The number of likely N-dealkylation sites (N-methyl/N-ethyl adjacent to an activating group) is 1. The van der Waals surface area contributed by atoms with Crippen molar-refractivity contribution in [2.24, 2.45) is 0 Å². The Morgan fingerprint density at radius 3 is 3.00 bits per heavy atom. The van der Waals surface area contributed by atoms with E-state index in [1.165, 1.54) is 0 Å². The van der Waals surface area contributed by atoms with Gasteiger partial charge in [0.05, 0.1) is 25.5 Å². The van der Waals surface area contributed by atoms with E-state index in [0.717, 1.165) is 31.0 Å². The van der Waals surface area contributed by atoms with Crippen LogP contribution in [0.25, 0.3) is 0 Å². The van der Waals surface area contributed by atoms with Crippen LogP contribution < -0.4 is 0 Å². The second-order valence-electron chi connectivity index (χ2n) is 6.26. The number of ether oxygens (including phenoxy) is 2. The van der Waals surface area contributed by atoms with Crippen LogP contribution in [0, 0.1) is 6.92 Å². The normalized spacial score (nSPS) is 27.2. The Balaban J connectivity index is 1.71. The Kier molecular flexibility index (Phi) is 4.42. The Morgan fingerprint density at radius 2 is 2.23 bits per heavy atom. The molecule has 0 radical (unpaired) electrons. The zero-order chi connectivity index (χ0) is 15.6. The standard InChI is InChI=1S/C16H23N3O3/c1-13-4-3-5-14(17-13)8-19-6-7-21-12-16(11-19)10-18(2)15(20)9-22-16/h3-5H,6-12H2,1-2H3/t16-/m1/s1. The zero-order valence-electron chi connectivity index (χ0n) is 13.2. The molecule has 3 heterocycles. The van der Waals surface area contributed by atoms with Crippen molar-refractivity contribution in [3.05, 3.63) is 29.6 Å². The van der Waals surface area contributed by atoms with Crippen LogP contribution in [0.3, 0.4) is 0 Å². The van der Waals surface area contributed by atoms with Crippen LogP contribution in [-0.4, -0.2) is 72.8 Å². The lowest BCUT2D eigenvalue weighted by Gasteiger charge is -2.41. The maximum absolute atomic E-state index is 11.7. The summed E-state index contributed by atoms with van der Waals surface area (Å²) in [7, 11) is 1.82. The molecule has 6 heteroatoms. The van der Waals surface area contributed by atoms with Gasteiger partial charge in [-0.3, -0.25) is 14.7 Å². The van der Waals surface area contributed by atoms with Crippen LogP contribution in [0.15, 0.2) is 18.2 Å². The lowest BCUT2D eigenvalue weighted by Crippen LogP contribution is -2.59. The highest BCUT2D eigenvalue weighted by atomic mass is 16.6. The highest BCUT2D eigenvalue weighted by Crippen LogP contribution is 2.23. The number of aromatic nitrogens is 1. The third-order valence-electron chi connectivity index (χ3n) is 4.21. The summed E-state index contributed by atoms with van der Waals surface area (Å²) in [6.07, 6.45) is 0. The molecular weight excluding hydrogens is 282 g/mol. The first-order chi connectivity index (χ1) is 10.6. The molecule has 0 aromatic carbocycles. The monoisotopic (exact) mass is 305 g/mol. The molecule has 0 saturated carbocycles. The fourth-order valence-electron chi connectivity index (χ4n) is 3.11. The highest BCUT2D eigenvalue weighted by Gasteiger charge is 2.41. The summed E-state index contributed by atoms with van der Waals surface area (Å²) >= 11 is 0. The molecule has 0 N–H and O–H groups in total. The summed E-state index contributed by atoms with van der Waals surface area (Å²) < 4.78 is 11.6. The number of nitrogens with zero attached hydrogens (tertiary/aromatic N) is 3. The van der Waals surface area contributed by atoms with Gasteiger partial charge in [0.25, 0.3) is 0 Å². The zero-order valence-corrected chi connectivity index (χ0v) is 13.2. The number of carbonyl (C=O) groups excluding carboxylic acids is 1. The van der Waals surface area contributed by atoms with Crippen LogP contribution in [0.2, 0.25) is 0 Å². The van der Waals surface area contributed by atoms with Crippen LogP contribution in [-0.2, 0) is 20.8 Å². The molecule has 0 aliphatic carbocycles. The maximum Gasteiger partial charge on any atom is 0.248 e. The van der Waals surface area contributed by atoms with Crippen molar-refractivity contribution in [3.8, 4) is 0 Å². The number of pyridine rings is 1. The van der Waals surface area contributed by atoms with E-state index >= 15 is 0 Å². The topological polar surface area (TPSA) is 54.9 Å². The number of carbonyl (C=O) groups is 1. The first kappa shape index (κ1) is 15.4. The van der Waals surface area contributed by atoms with Crippen molar-refractivity contribution in [3.63, 3.8) is 0 Å². The molecule has 6 nitrogen and oxygen atoms in total. The number of rotatable bonds is 2. The number of amides is 1. The number of hydrogen-bond donors (Lipinski definition) is 0. The lowest BCUT2D eigenvalue weighted by atomic mass is 10.0. The van der Waals surface area contributed by atoms with Crippen LogP contribution >= 0.6 is 0 Å². The number of hydrogen-bond acceptors (Lipinski definition) is 5. The molecule has 1 aromatic rings. The molecule has 0 bridgehead atoms. The van der Waals surface area contributed by atoms with Crippen molar-refractivity contribution in [2.75, 3.05) is 46.5 Å². The summed E-state index contributed by atoms with van der Waals surface area (Å²) in [5, 5.41) is 0. The van der Waals surface area contributed by atoms with Gasteiger partial charge in [-0.25, -0.2) is 0 Å². The average Bonchev–Trinajstić information content (AvgIpc) is 2.66. The number of aryl methyl sites for hydroxylation is 1.